The average molecular weight is 277 g/mol. The van der Waals surface area contributed by atoms with Crippen molar-refractivity contribution in [1.82, 2.24) is 0 Å². The molecule has 0 aromatic rings. The number of hydrogen-bond acceptors (Lipinski definition) is 4. The van der Waals surface area contributed by atoms with E-state index in [0.29, 0.717) is 0 Å². The minimum Gasteiger partial charge on any atom is -0.328 e. The van der Waals surface area contributed by atoms with Crippen LogP contribution in [0, 0.1) is 20.2 Å². The molecular formula is C2H10N2O6Sn+2. The van der Waals surface area contributed by atoms with E-state index >= 15 is 0 Å². The van der Waals surface area contributed by atoms with Crippen LogP contribution in [0.3, 0.4) is 0 Å². The molecule has 0 aromatic carbocycles. The third-order valence-corrected chi connectivity index (χ3v) is 0. The van der Waals surface area contributed by atoms with Crippen LogP contribution in [0.4, 0.5) is 0 Å². The molecular weight excluding hydrogens is 267 g/mol. The number of nitrogens with zero attached hydrogens (tertiary/aromatic N) is 2. The maximum absolute atomic E-state index is 8.36. The van der Waals surface area contributed by atoms with Crippen molar-refractivity contribution in [2.24, 2.45) is 0 Å². The Hall–Kier alpha value is -0.801. The molecule has 0 bridgehead atoms. The zero-order valence-corrected chi connectivity index (χ0v) is 6.78. The summed E-state index contributed by atoms with van der Waals surface area (Å²) in [6, 6.07) is 0. The molecule has 0 saturated carbocycles. The van der Waals surface area contributed by atoms with Gasteiger partial charge in [0.15, 0.2) is 0 Å². The van der Waals surface area contributed by atoms with Crippen LogP contribution < -0.4 is 0 Å². The van der Waals surface area contributed by atoms with E-state index in [4.69, 9.17) is 30.6 Å². The normalized spacial score (nSPS) is 4.36. The van der Waals surface area contributed by atoms with E-state index in [2.05, 4.69) is 0 Å². The smallest absolute Gasteiger partial charge is 0.328 e. The Morgan fingerprint density at radius 3 is 0.909 bits per heavy atom. The predicted molar refractivity (Wildman–Crippen MR) is 36.8 cm³/mol. The molecule has 0 aliphatic carbocycles. The van der Waals surface area contributed by atoms with Gasteiger partial charge in [0, 0.05) is 0 Å². The van der Waals surface area contributed by atoms with Crippen molar-refractivity contribution in [2.45, 2.75) is 14.9 Å². The molecule has 0 rings (SSSR count). The monoisotopic (exact) mass is 278 g/mol. The van der Waals surface area contributed by atoms with Crippen molar-refractivity contribution in [3.05, 3.63) is 20.2 Å². The molecule has 0 aromatic heterocycles. The molecule has 0 heterocycles. The van der Waals surface area contributed by atoms with Gasteiger partial charge in [0.2, 0.25) is 0 Å². The molecule has 0 saturated heterocycles. The van der Waals surface area contributed by atoms with Crippen LogP contribution in [0.1, 0.15) is 14.9 Å². The van der Waals surface area contributed by atoms with E-state index in [1.54, 1.807) is 0 Å². The van der Waals surface area contributed by atoms with Crippen LogP contribution in [0.25, 0.3) is 0 Å². The van der Waals surface area contributed by atoms with Crippen LogP contribution in [0.2, 0.25) is 0 Å². The Morgan fingerprint density at radius 1 is 0.909 bits per heavy atom. The minimum absolute atomic E-state index is 0. The molecule has 2 N–H and O–H groups in total. The topological polar surface area (TPSA) is 127 Å². The Labute approximate surface area is 80.0 Å². The molecule has 66 valence electrons. The van der Waals surface area contributed by atoms with Gasteiger partial charge >= 0.3 is 23.9 Å². The van der Waals surface area contributed by atoms with Gasteiger partial charge in [0.1, 0.15) is 0 Å². The summed E-state index contributed by atoms with van der Waals surface area (Å²) in [6.07, 6.45) is 0. The van der Waals surface area contributed by atoms with E-state index in [-0.39, 0.29) is 38.8 Å². The summed E-state index contributed by atoms with van der Waals surface area (Å²) < 4.78 is 0. The van der Waals surface area contributed by atoms with Crippen LogP contribution in [-0.2, 0) is 0 Å². The van der Waals surface area contributed by atoms with E-state index in [1.165, 1.54) is 0 Å². The van der Waals surface area contributed by atoms with Gasteiger partial charge in [0.25, 0.3) is 10.2 Å². The summed E-state index contributed by atoms with van der Waals surface area (Å²) in [5.41, 5.74) is 0. The van der Waals surface area contributed by atoms with Crippen LogP contribution in [-0.4, -0.2) is 44.5 Å². The second-order valence-electron chi connectivity index (χ2n) is 0.476. The number of rotatable bonds is 0. The average Bonchev–Trinajstić information content (AvgIpc) is 1.25. The molecule has 0 unspecified atom stereocenters. The molecule has 9 heteroatoms. The first kappa shape index (κ1) is 31.9. The zero-order valence-electron chi connectivity index (χ0n) is 3.92. The minimum atomic E-state index is -1.50. The molecule has 0 aliphatic heterocycles. The van der Waals surface area contributed by atoms with E-state index < -0.39 is 10.2 Å². The molecule has 0 amide bonds. The summed E-state index contributed by atoms with van der Waals surface area (Å²) in [4.78, 5) is 16.7. The molecule has 0 aliphatic rings. The summed E-state index contributed by atoms with van der Waals surface area (Å²) >= 11 is 0. The molecule has 0 fully saturated rings. The Morgan fingerprint density at radius 2 is 0.909 bits per heavy atom. The maximum atomic E-state index is 8.36. The van der Waals surface area contributed by atoms with Gasteiger partial charge in [-0.3, -0.25) is 0 Å². The predicted octanol–water partition coefficient (Wildman–Crippen LogP) is 0.196. The Balaban J connectivity index is -0.0000000171. The molecule has 0 atom stereocenters. The standard InChI is InChI=1S/2CH4.2HNO3.Sn/c;;2*2-1(3)4;/h2*1H4;2*(H,2,3,4);/q;;;;+2. The van der Waals surface area contributed by atoms with Gasteiger partial charge in [-0.15, -0.1) is 20.2 Å². The van der Waals surface area contributed by atoms with Crippen molar-refractivity contribution in [3.63, 3.8) is 0 Å². The van der Waals surface area contributed by atoms with E-state index in [0.717, 1.165) is 0 Å². The maximum Gasteiger partial charge on any atom is 2.00 e. The SMILES string of the molecule is C.C.O=[N+]([O-])O.O=[N+]([O-])O.[Sn+2]. The third kappa shape index (κ3) is 742. The summed E-state index contributed by atoms with van der Waals surface area (Å²) in [6.45, 7) is 0. The summed E-state index contributed by atoms with van der Waals surface area (Å²) in [7, 11) is 0. The van der Waals surface area contributed by atoms with E-state index in [1.807, 2.05) is 0 Å². The second-order valence-corrected chi connectivity index (χ2v) is 0.476. The second kappa shape index (κ2) is 22.9. The first-order chi connectivity index (χ1) is 3.46. The molecule has 2 radical (unpaired) electrons. The van der Waals surface area contributed by atoms with Gasteiger partial charge in [-0.1, -0.05) is 14.9 Å². The van der Waals surface area contributed by atoms with Crippen molar-refractivity contribution < 1.29 is 20.6 Å². The summed E-state index contributed by atoms with van der Waals surface area (Å²) in [5.74, 6) is 0. The number of hydrogen-bond donors (Lipinski definition) is 2. The van der Waals surface area contributed by atoms with Crippen molar-refractivity contribution in [3.8, 4) is 0 Å². The van der Waals surface area contributed by atoms with Gasteiger partial charge in [-0.2, -0.15) is 0 Å². The molecule has 0 spiro atoms. The van der Waals surface area contributed by atoms with Crippen LogP contribution in [0.5, 0.6) is 0 Å². The third-order valence-electron chi connectivity index (χ3n) is 0. The van der Waals surface area contributed by atoms with Crippen molar-refractivity contribution in [2.75, 3.05) is 0 Å². The van der Waals surface area contributed by atoms with Crippen molar-refractivity contribution in [1.29, 1.82) is 0 Å². The summed E-state index contributed by atoms with van der Waals surface area (Å²) in [5, 5.41) is 27.3. The molecule has 8 nitrogen and oxygen atoms in total. The first-order valence-corrected chi connectivity index (χ1v) is 1.13. The zero-order chi connectivity index (χ0) is 7.15. The fraction of sp³-hybridized carbons (Fsp3) is 1.00. The Bertz CT molecular complexity index is 76.6. The quantitative estimate of drug-likeness (QED) is 0.369. The van der Waals surface area contributed by atoms with Gasteiger partial charge in [-0.25, -0.2) is 0 Å². The van der Waals surface area contributed by atoms with Gasteiger partial charge in [0.05, 0.1) is 0 Å². The van der Waals surface area contributed by atoms with Crippen LogP contribution in [0.15, 0.2) is 0 Å². The van der Waals surface area contributed by atoms with Gasteiger partial charge < -0.3 is 10.4 Å². The van der Waals surface area contributed by atoms with Gasteiger partial charge in [-0.05, 0) is 0 Å². The fourth-order valence-electron chi connectivity index (χ4n) is 0. The van der Waals surface area contributed by atoms with E-state index in [9.17, 15) is 0 Å². The first-order valence-electron chi connectivity index (χ1n) is 1.13. The van der Waals surface area contributed by atoms with Crippen molar-refractivity contribution >= 4 is 23.9 Å². The fourth-order valence-corrected chi connectivity index (χ4v) is 0. The van der Waals surface area contributed by atoms with Crippen LogP contribution >= 0.6 is 0 Å². The Kier molecular flexibility index (Phi) is 66.4. The molecule has 11 heavy (non-hydrogen) atoms. The largest absolute Gasteiger partial charge is 2.00 e.